The molecule has 2 rings (SSSR count). The van der Waals surface area contributed by atoms with Gasteiger partial charge in [-0.15, -0.1) is 17.0 Å². The van der Waals surface area contributed by atoms with Crippen LogP contribution in [0.4, 0.5) is 0 Å². The molecular formula is C12H22BrO9P3S3. The van der Waals surface area contributed by atoms with Crippen LogP contribution in [0.5, 0.6) is 0 Å². The largest absolute Gasteiger partial charge is 0.325 e. The molecule has 0 saturated carbocycles. The maximum Gasteiger partial charge on any atom is 0.319 e. The van der Waals surface area contributed by atoms with Crippen molar-refractivity contribution in [2.45, 2.75) is 0 Å². The first-order valence-corrected chi connectivity index (χ1v) is 14.3. The van der Waals surface area contributed by atoms with Crippen LogP contribution in [-0.2, 0) is 35.4 Å². The summed E-state index contributed by atoms with van der Waals surface area (Å²) in [6.45, 7) is -11.4. The SMILES string of the molecule is Br.OP(O)(O)=S.OP(O)(O)=S.OP(O)(O)=S.c1ccccc1.c1ccccc1. The van der Waals surface area contributed by atoms with E-state index < -0.39 is 20.2 Å². The third-order valence-corrected chi connectivity index (χ3v) is 1.33. The molecule has 0 fully saturated rings. The topological polar surface area (TPSA) is 182 Å². The van der Waals surface area contributed by atoms with E-state index in [0.717, 1.165) is 0 Å². The summed E-state index contributed by atoms with van der Waals surface area (Å²) in [7, 11) is 0. The minimum Gasteiger partial charge on any atom is -0.325 e. The van der Waals surface area contributed by atoms with Gasteiger partial charge in [0.15, 0.2) is 0 Å². The first kappa shape index (κ1) is 35.9. The van der Waals surface area contributed by atoms with Gasteiger partial charge < -0.3 is 44.0 Å². The molecule has 0 saturated heterocycles. The molecular weight excluding hydrogens is 557 g/mol. The van der Waals surface area contributed by atoms with E-state index in [1.54, 1.807) is 0 Å². The number of hydrogen-bond donors (Lipinski definition) is 9. The molecule has 0 aromatic heterocycles. The van der Waals surface area contributed by atoms with E-state index in [0.29, 0.717) is 0 Å². The fourth-order valence-electron chi connectivity index (χ4n) is 0.770. The van der Waals surface area contributed by atoms with Crippen molar-refractivity contribution >= 4 is 72.6 Å². The molecule has 9 nitrogen and oxygen atoms in total. The first-order chi connectivity index (χ1) is 12.0. The highest BCUT2D eigenvalue weighted by Gasteiger charge is 1.93. The van der Waals surface area contributed by atoms with Crippen LogP contribution >= 0.6 is 37.1 Å². The molecule has 16 heteroatoms. The second-order valence-electron chi connectivity index (χ2n) is 3.85. The van der Waals surface area contributed by atoms with Gasteiger partial charge in [-0.2, -0.15) is 0 Å². The maximum atomic E-state index is 7.56. The van der Waals surface area contributed by atoms with Crippen molar-refractivity contribution in [3.8, 4) is 0 Å². The standard InChI is InChI=1S/2C6H6.BrH.3H3O3PS/c2*1-2-4-6-5-3-1;;3*1-4(2,3)5/h2*1-6H;1H;3*(H3,1,2,3,5). The van der Waals surface area contributed by atoms with Gasteiger partial charge in [-0.1, -0.05) is 72.8 Å². The van der Waals surface area contributed by atoms with E-state index in [1.807, 2.05) is 72.8 Å². The van der Waals surface area contributed by atoms with Gasteiger partial charge in [0.1, 0.15) is 0 Å². The number of benzene rings is 2. The predicted octanol–water partition coefficient (Wildman–Crippen LogP) is 1.51. The Hall–Kier alpha value is 0.510. The molecule has 0 heterocycles. The highest BCUT2D eigenvalue weighted by molar-refractivity contribution is 8.93. The second kappa shape index (κ2) is 20.8. The minimum atomic E-state index is -3.81. The van der Waals surface area contributed by atoms with E-state index in [2.05, 4.69) is 35.4 Å². The van der Waals surface area contributed by atoms with Crippen LogP contribution in [0.2, 0.25) is 0 Å². The third kappa shape index (κ3) is 110. The highest BCUT2D eigenvalue weighted by atomic mass is 79.9. The Bertz CT molecular complexity index is 538. The number of halogens is 1. The smallest absolute Gasteiger partial charge is 0.319 e. The van der Waals surface area contributed by atoms with E-state index in [9.17, 15) is 0 Å². The van der Waals surface area contributed by atoms with Crippen LogP contribution in [0.3, 0.4) is 0 Å². The van der Waals surface area contributed by atoms with Crippen molar-refractivity contribution in [3.63, 3.8) is 0 Å². The van der Waals surface area contributed by atoms with Crippen LogP contribution in [0.15, 0.2) is 72.8 Å². The van der Waals surface area contributed by atoms with Crippen molar-refractivity contribution in [1.82, 2.24) is 0 Å². The molecule has 28 heavy (non-hydrogen) atoms. The summed E-state index contributed by atoms with van der Waals surface area (Å²) >= 11 is 10.8. The summed E-state index contributed by atoms with van der Waals surface area (Å²) in [4.78, 5) is 68.0. The Morgan fingerprint density at radius 2 is 0.357 bits per heavy atom. The zero-order valence-electron chi connectivity index (χ0n) is 13.9. The molecule has 0 atom stereocenters. The van der Waals surface area contributed by atoms with Gasteiger partial charge in [0.05, 0.1) is 0 Å². The van der Waals surface area contributed by atoms with Crippen LogP contribution in [0.25, 0.3) is 0 Å². The fourth-order valence-corrected chi connectivity index (χ4v) is 0.770. The van der Waals surface area contributed by atoms with Gasteiger partial charge in [-0.25, -0.2) is 0 Å². The average Bonchev–Trinajstić information content (AvgIpc) is 2.46. The van der Waals surface area contributed by atoms with Crippen LogP contribution in [-0.4, -0.2) is 44.0 Å². The third-order valence-electron chi connectivity index (χ3n) is 1.33. The molecule has 2 aromatic carbocycles. The summed E-state index contributed by atoms with van der Waals surface area (Å²) in [6, 6.07) is 24.0. The number of rotatable bonds is 0. The molecule has 0 unspecified atom stereocenters. The predicted molar refractivity (Wildman–Crippen MR) is 126 cm³/mol. The lowest BCUT2D eigenvalue weighted by atomic mass is 10.4. The van der Waals surface area contributed by atoms with Crippen LogP contribution in [0.1, 0.15) is 0 Å². The molecule has 2 aromatic rings. The lowest BCUT2D eigenvalue weighted by Gasteiger charge is -1.88. The summed E-state index contributed by atoms with van der Waals surface area (Å²) in [5.41, 5.74) is 0. The molecule has 0 aliphatic rings. The summed E-state index contributed by atoms with van der Waals surface area (Å²) in [5.74, 6) is 0. The zero-order valence-corrected chi connectivity index (χ0v) is 20.8. The molecule has 164 valence electrons. The maximum absolute atomic E-state index is 7.56. The van der Waals surface area contributed by atoms with Gasteiger partial charge in [0.25, 0.3) is 0 Å². The van der Waals surface area contributed by atoms with Crippen molar-refractivity contribution in [2.75, 3.05) is 0 Å². The Morgan fingerprint density at radius 3 is 0.393 bits per heavy atom. The molecule has 0 aliphatic heterocycles. The Morgan fingerprint density at radius 1 is 0.321 bits per heavy atom. The van der Waals surface area contributed by atoms with Gasteiger partial charge in [0, 0.05) is 0 Å². The first-order valence-electron chi connectivity index (χ1n) is 6.35. The summed E-state index contributed by atoms with van der Waals surface area (Å²) in [6.07, 6.45) is 0. The van der Waals surface area contributed by atoms with Crippen molar-refractivity contribution in [3.05, 3.63) is 72.8 Å². The normalized spacial score (nSPS) is 9.75. The molecule has 0 aliphatic carbocycles. The zero-order chi connectivity index (χ0) is 22.0. The monoisotopic (exact) mass is 578 g/mol. The Labute approximate surface area is 188 Å². The van der Waals surface area contributed by atoms with Crippen molar-refractivity contribution < 1.29 is 44.0 Å². The van der Waals surface area contributed by atoms with E-state index in [-0.39, 0.29) is 17.0 Å². The molecule has 0 radical (unpaired) electrons. The van der Waals surface area contributed by atoms with Gasteiger partial charge >= 0.3 is 20.2 Å². The summed E-state index contributed by atoms with van der Waals surface area (Å²) < 4.78 is 0. The molecule has 9 N–H and O–H groups in total. The Balaban J connectivity index is -0.000000128. The van der Waals surface area contributed by atoms with Crippen molar-refractivity contribution in [2.24, 2.45) is 0 Å². The van der Waals surface area contributed by atoms with Crippen molar-refractivity contribution in [1.29, 1.82) is 0 Å². The minimum absolute atomic E-state index is 0. The lowest BCUT2D eigenvalue weighted by Crippen LogP contribution is -1.65. The van der Waals surface area contributed by atoms with E-state index in [1.165, 1.54) is 0 Å². The van der Waals surface area contributed by atoms with E-state index >= 15 is 0 Å². The molecule has 0 spiro atoms. The highest BCUT2D eigenvalue weighted by Crippen LogP contribution is 2.27. The van der Waals surface area contributed by atoms with E-state index in [4.69, 9.17) is 44.0 Å². The van der Waals surface area contributed by atoms with Gasteiger partial charge in [0.2, 0.25) is 0 Å². The second-order valence-corrected chi connectivity index (χ2v) is 11.3. The molecule has 0 bridgehead atoms. The van der Waals surface area contributed by atoms with Gasteiger partial charge in [-0.3, -0.25) is 0 Å². The van der Waals surface area contributed by atoms with Crippen LogP contribution in [0, 0.1) is 0 Å². The summed E-state index contributed by atoms with van der Waals surface area (Å²) in [5, 5.41) is 0. The quantitative estimate of drug-likeness (QED) is 0.206. The molecule has 0 amide bonds. The van der Waals surface area contributed by atoms with Crippen LogP contribution < -0.4 is 0 Å². The average molecular weight is 579 g/mol. The lowest BCUT2D eigenvalue weighted by molar-refractivity contribution is 0.361. The van der Waals surface area contributed by atoms with Gasteiger partial charge in [-0.05, 0) is 35.4 Å². The Kier molecular flexibility index (Phi) is 26.6. The number of hydrogen-bond acceptors (Lipinski definition) is 3. The fraction of sp³-hybridized carbons (Fsp3) is 0.